The number of amides is 2. The van der Waals surface area contributed by atoms with E-state index in [2.05, 4.69) is 5.32 Å². The molecule has 1 atom stereocenters. The van der Waals surface area contributed by atoms with Gasteiger partial charge in [0.2, 0.25) is 21.8 Å². The fourth-order valence-corrected chi connectivity index (χ4v) is 5.92. The number of nitrogens with one attached hydrogen (secondary N) is 1. The third kappa shape index (κ3) is 9.15. The minimum absolute atomic E-state index is 0.0975. The molecule has 220 valence electrons. The highest BCUT2D eigenvalue weighted by Crippen LogP contribution is 2.23. The molecule has 1 aliphatic rings. The number of nitrogens with zero attached hydrogens (tertiary/aromatic N) is 2. The Labute approximate surface area is 238 Å². The van der Waals surface area contributed by atoms with Gasteiger partial charge in [0.15, 0.2) is 0 Å². The molecule has 9 nitrogen and oxygen atoms in total. The lowest BCUT2D eigenvalue weighted by Gasteiger charge is -2.31. The molecule has 0 heterocycles. The number of methoxy groups -OCH3 is 1. The van der Waals surface area contributed by atoms with E-state index >= 15 is 0 Å². The van der Waals surface area contributed by atoms with Gasteiger partial charge in [-0.3, -0.25) is 13.9 Å². The Bertz CT molecular complexity index is 1190. The van der Waals surface area contributed by atoms with Crippen molar-refractivity contribution in [1.82, 2.24) is 10.2 Å². The van der Waals surface area contributed by atoms with E-state index in [1.165, 1.54) is 10.7 Å². The van der Waals surface area contributed by atoms with Crippen molar-refractivity contribution in [3.8, 4) is 11.5 Å². The van der Waals surface area contributed by atoms with Gasteiger partial charge in [0, 0.05) is 25.6 Å². The molecule has 2 amide bonds. The summed E-state index contributed by atoms with van der Waals surface area (Å²) in [7, 11) is -1.98. The molecule has 0 unspecified atom stereocenters. The highest BCUT2D eigenvalue weighted by Gasteiger charge is 2.28. The lowest BCUT2D eigenvalue weighted by atomic mass is 9.95. The molecule has 0 saturated heterocycles. The smallest absolute Gasteiger partial charge is 0.242 e. The summed E-state index contributed by atoms with van der Waals surface area (Å²) in [6.07, 6.45) is 6.84. The van der Waals surface area contributed by atoms with Gasteiger partial charge in [-0.25, -0.2) is 8.42 Å². The summed E-state index contributed by atoms with van der Waals surface area (Å²) in [5.74, 6) is 0.993. The Kier molecular flexibility index (Phi) is 11.7. The number of hydrogen-bond acceptors (Lipinski definition) is 6. The summed E-state index contributed by atoms with van der Waals surface area (Å²) in [6.45, 7) is 4.55. The number of carbonyl (C=O) groups is 2. The van der Waals surface area contributed by atoms with E-state index in [1.54, 1.807) is 43.2 Å². The summed E-state index contributed by atoms with van der Waals surface area (Å²) >= 11 is 0. The average molecular weight is 574 g/mol. The van der Waals surface area contributed by atoms with Crippen LogP contribution in [0.15, 0.2) is 48.5 Å². The highest BCUT2D eigenvalue weighted by molar-refractivity contribution is 7.92. The van der Waals surface area contributed by atoms with Crippen LogP contribution in [0.5, 0.6) is 11.5 Å². The lowest BCUT2D eigenvalue weighted by Crippen LogP contribution is -2.50. The van der Waals surface area contributed by atoms with E-state index in [4.69, 9.17) is 9.47 Å². The maximum absolute atomic E-state index is 13.5. The van der Waals surface area contributed by atoms with E-state index in [1.807, 2.05) is 31.2 Å². The minimum atomic E-state index is -3.57. The van der Waals surface area contributed by atoms with Crippen LogP contribution in [0.25, 0.3) is 0 Å². The fraction of sp³-hybridized carbons (Fsp3) is 0.533. The van der Waals surface area contributed by atoms with Gasteiger partial charge in [0.1, 0.15) is 17.5 Å². The molecule has 1 fully saturated rings. The standard InChI is InChI=1S/C30H43N3O6S/c1-5-39-28-19-15-26(16-20-28)33(40(4,36)37)21-9-12-29(34)32(22-24-13-17-27(38-3)18-14-24)23(2)30(35)31-25-10-7-6-8-11-25/h13-20,23,25H,5-12,21-22H2,1-4H3,(H,31,35)/t23-/m0/s1. The Balaban J connectivity index is 1.71. The SMILES string of the molecule is CCOc1ccc(N(CCCC(=O)N(Cc2ccc(OC)cc2)[C@@H](C)C(=O)NC2CCCCC2)S(C)(=O)=O)cc1. The number of benzene rings is 2. The Morgan fingerprint density at radius 1 is 1.00 bits per heavy atom. The predicted octanol–water partition coefficient (Wildman–Crippen LogP) is 4.51. The van der Waals surface area contributed by atoms with Crippen LogP contribution >= 0.6 is 0 Å². The second-order valence-corrected chi connectivity index (χ2v) is 12.2. The topological polar surface area (TPSA) is 105 Å². The van der Waals surface area contributed by atoms with E-state index in [-0.39, 0.29) is 37.4 Å². The Hall–Kier alpha value is -3.27. The summed E-state index contributed by atoms with van der Waals surface area (Å²) in [6, 6.07) is 13.7. The van der Waals surface area contributed by atoms with Gasteiger partial charge in [-0.15, -0.1) is 0 Å². The van der Waals surface area contributed by atoms with Crippen LogP contribution in [0.1, 0.15) is 64.4 Å². The molecule has 0 aliphatic heterocycles. The number of anilines is 1. The molecule has 2 aromatic carbocycles. The molecule has 0 spiro atoms. The maximum atomic E-state index is 13.5. The summed E-state index contributed by atoms with van der Waals surface area (Å²) < 4.78 is 37.1. The average Bonchev–Trinajstić information content (AvgIpc) is 2.94. The number of rotatable bonds is 14. The summed E-state index contributed by atoms with van der Waals surface area (Å²) in [5.41, 5.74) is 1.38. The van der Waals surface area contributed by atoms with Gasteiger partial charge >= 0.3 is 0 Å². The molecule has 1 aliphatic carbocycles. The zero-order chi connectivity index (χ0) is 29.1. The second-order valence-electron chi connectivity index (χ2n) is 10.3. The van der Waals surface area contributed by atoms with Crippen LogP contribution in [-0.2, 0) is 26.2 Å². The zero-order valence-corrected chi connectivity index (χ0v) is 24.9. The molecule has 3 rings (SSSR count). The minimum Gasteiger partial charge on any atom is -0.497 e. The highest BCUT2D eigenvalue weighted by atomic mass is 32.2. The largest absolute Gasteiger partial charge is 0.497 e. The van der Waals surface area contributed by atoms with E-state index in [9.17, 15) is 18.0 Å². The van der Waals surface area contributed by atoms with Crippen molar-refractivity contribution in [1.29, 1.82) is 0 Å². The maximum Gasteiger partial charge on any atom is 0.242 e. The Morgan fingerprint density at radius 2 is 1.62 bits per heavy atom. The van der Waals surface area contributed by atoms with Crippen LogP contribution in [-0.4, -0.2) is 63.7 Å². The molecule has 1 saturated carbocycles. The van der Waals surface area contributed by atoms with Crippen molar-refractivity contribution in [3.63, 3.8) is 0 Å². The second kappa shape index (κ2) is 14.9. The van der Waals surface area contributed by atoms with E-state index < -0.39 is 16.1 Å². The molecule has 0 bridgehead atoms. The molecular weight excluding hydrogens is 530 g/mol. The van der Waals surface area contributed by atoms with Gasteiger partial charge in [0.25, 0.3) is 0 Å². The number of ether oxygens (including phenoxy) is 2. The van der Waals surface area contributed by atoms with Crippen molar-refractivity contribution in [3.05, 3.63) is 54.1 Å². The van der Waals surface area contributed by atoms with Gasteiger partial charge in [-0.1, -0.05) is 31.4 Å². The van der Waals surface area contributed by atoms with Gasteiger partial charge in [-0.2, -0.15) is 0 Å². The van der Waals surface area contributed by atoms with Crippen molar-refractivity contribution < 1.29 is 27.5 Å². The van der Waals surface area contributed by atoms with Crippen molar-refractivity contribution in [2.75, 3.05) is 30.8 Å². The van der Waals surface area contributed by atoms with Gasteiger partial charge in [0.05, 0.1) is 25.7 Å². The Morgan fingerprint density at radius 3 is 2.20 bits per heavy atom. The third-order valence-electron chi connectivity index (χ3n) is 7.22. The summed E-state index contributed by atoms with van der Waals surface area (Å²) in [4.78, 5) is 28.3. The van der Waals surface area contributed by atoms with Crippen molar-refractivity contribution in [2.45, 2.75) is 77.4 Å². The van der Waals surface area contributed by atoms with Crippen LogP contribution in [0.4, 0.5) is 5.69 Å². The van der Waals surface area contributed by atoms with Crippen LogP contribution in [0.2, 0.25) is 0 Å². The predicted molar refractivity (Wildman–Crippen MR) is 157 cm³/mol. The molecule has 0 radical (unpaired) electrons. The first kappa shape index (κ1) is 31.3. The molecule has 40 heavy (non-hydrogen) atoms. The van der Waals surface area contributed by atoms with Crippen molar-refractivity contribution in [2.24, 2.45) is 0 Å². The molecule has 0 aromatic heterocycles. The first-order chi connectivity index (χ1) is 19.1. The van der Waals surface area contributed by atoms with E-state index in [0.717, 1.165) is 37.5 Å². The number of sulfonamides is 1. The first-order valence-electron chi connectivity index (χ1n) is 14.1. The first-order valence-corrected chi connectivity index (χ1v) is 15.9. The molecule has 2 aromatic rings. The third-order valence-corrected chi connectivity index (χ3v) is 8.41. The quantitative estimate of drug-likeness (QED) is 0.357. The molecular formula is C30H43N3O6S. The van der Waals surface area contributed by atoms with Gasteiger partial charge < -0.3 is 19.7 Å². The lowest BCUT2D eigenvalue weighted by molar-refractivity contribution is -0.141. The zero-order valence-electron chi connectivity index (χ0n) is 24.1. The van der Waals surface area contributed by atoms with Gasteiger partial charge in [-0.05, 0) is 75.1 Å². The molecule has 10 heteroatoms. The van der Waals surface area contributed by atoms with Crippen LogP contribution in [0.3, 0.4) is 0 Å². The van der Waals surface area contributed by atoms with E-state index in [0.29, 0.717) is 30.2 Å². The number of hydrogen-bond donors (Lipinski definition) is 1. The van der Waals surface area contributed by atoms with Crippen LogP contribution in [0, 0.1) is 0 Å². The monoisotopic (exact) mass is 573 g/mol. The van der Waals surface area contributed by atoms with Crippen molar-refractivity contribution >= 4 is 27.5 Å². The number of carbonyl (C=O) groups excluding carboxylic acids is 2. The fourth-order valence-electron chi connectivity index (χ4n) is 4.96. The molecule has 1 N–H and O–H groups in total. The normalized spacial score (nSPS) is 14.7. The summed E-state index contributed by atoms with van der Waals surface area (Å²) in [5, 5.41) is 3.14. The van der Waals surface area contributed by atoms with Crippen LogP contribution < -0.4 is 19.1 Å².